The second-order valence-electron chi connectivity index (χ2n) is 2.97. The highest BCUT2D eigenvalue weighted by molar-refractivity contribution is 7.99. The van der Waals surface area contributed by atoms with Crippen LogP contribution in [0.2, 0.25) is 0 Å². The second kappa shape index (κ2) is 4.00. The number of benzene rings is 1. The first kappa shape index (κ1) is 9.52. The highest BCUT2D eigenvalue weighted by atomic mass is 32.2. The van der Waals surface area contributed by atoms with Crippen molar-refractivity contribution in [3.05, 3.63) is 17.7 Å². The maximum Gasteiger partial charge on any atom is 0.149 e. The van der Waals surface area contributed by atoms with E-state index in [9.17, 15) is 0 Å². The molecule has 2 aromatic rings. The summed E-state index contributed by atoms with van der Waals surface area (Å²) in [5.41, 5.74) is 3.00. The van der Waals surface area contributed by atoms with Crippen molar-refractivity contribution < 1.29 is 4.63 Å². The molecule has 1 aromatic carbocycles. The molecule has 0 bridgehead atoms. The summed E-state index contributed by atoms with van der Waals surface area (Å²) in [6.45, 7) is 4.23. The summed E-state index contributed by atoms with van der Waals surface area (Å²) in [4.78, 5) is 1.15. The molecule has 0 N–H and O–H groups in total. The average molecular weight is 208 g/mol. The minimum atomic E-state index is 0.899. The van der Waals surface area contributed by atoms with Gasteiger partial charge in [-0.25, -0.2) is 4.63 Å². The zero-order valence-corrected chi connectivity index (χ0v) is 9.10. The van der Waals surface area contributed by atoms with E-state index in [0.717, 1.165) is 28.1 Å². The molecular weight excluding hydrogens is 196 g/mol. The molecule has 0 unspecified atom stereocenters. The molecule has 0 aliphatic carbocycles. The van der Waals surface area contributed by atoms with Gasteiger partial charge in [-0.1, -0.05) is 19.9 Å². The minimum absolute atomic E-state index is 0.899. The van der Waals surface area contributed by atoms with Crippen LogP contribution in [0, 0.1) is 0 Å². The zero-order valence-electron chi connectivity index (χ0n) is 8.28. The van der Waals surface area contributed by atoms with Crippen molar-refractivity contribution >= 4 is 22.8 Å². The Balaban J connectivity index is 2.59. The third-order valence-electron chi connectivity index (χ3n) is 2.14. The van der Waals surface area contributed by atoms with E-state index >= 15 is 0 Å². The second-order valence-corrected chi connectivity index (χ2v) is 4.28. The Morgan fingerprint density at radius 3 is 2.71 bits per heavy atom. The lowest BCUT2D eigenvalue weighted by Gasteiger charge is -2.00. The number of thioether (sulfide) groups is 1. The lowest BCUT2D eigenvalue weighted by atomic mass is 10.1. The van der Waals surface area contributed by atoms with Crippen molar-refractivity contribution in [1.82, 2.24) is 10.3 Å². The number of aryl methyl sites for hydroxylation is 1. The molecule has 0 aliphatic rings. The summed E-state index contributed by atoms with van der Waals surface area (Å²) in [6.07, 6.45) is 0.960. The number of fused-ring (bicyclic) bond motifs is 1. The topological polar surface area (TPSA) is 38.9 Å². The van der Waals surface area contributed by atoms with E-state index in [1.165, 1.54) is 5.56 Å². The Morgan fingerprint density at radius 1 is 1.21 bits per heavy atom. The standard InChI is InChI=1S/C10H12N2OS/c1-3-7-5-6-8(14-4-2)10-9(7)11-13-12-10/h5-6H,3-4H2,1-2H3. The van der Waals surface area contributed by atoms with Crippen LogP contribution in [0.5, 0.6) is 0 Å². The molecule has 0 atom stereocenters. The molecule has 2 rings (SSSR count). The molecule has 3 nitrogen and oxygen atoms in total. The third kappa shape index (κ3) is 1.50. The van der Waals surface area contributed by atoms with Gasteiger partial charge in [-0.3, -0.25) is 0 Å². The minimum Gasteiger partial charge on any atom is -0.243 e. The van der Waals surface area contributed by atoms with Crippen molar-refractivity contribution in [2.45, 2.75) is 25.2 Å². The number of hydrogen-bond acceptors (Lipinski definition) is 4. The molecule has 1 heterocycles. The first-order valence-corrected chi connectivity index (χ1v) is 5.72. The summed E-state index contributed by atoms with van der Waals surface area (Å²) >= 11 is 1.77. The Bertz CT molecular complexity index is 439. The van der Waals surface area contributed by atoms with Gasteiger partial charge in [0.15, 0.2) is 0 Å². The summed E-state index contributed by atoms with van der Waals surface area (Å²) < 4.78 is 4.78. The van der Waals surface area contributed by atoms with Crippen LogP contribution in [0.15, 0.2) is 21.7 Å². The fourth-order valence-electron chi connectivity index (χ4n) is 1.45. The van der Waals surface area contributed by atoms with E-state index in [4.69, 9.17) is 4.63 Å². The third-order valence-corrected chi connectivity index (χ3v) is 3.07. The molecule has 0 spiro atoms. The van der Waals surface area contributed by atoms with Gasteiger partial charge in [0.2, 0.25) is 0 Å². The maximum absolute atomic E-state index is 4.78. The van der Waals surface area contributed by atoms with Gasteiger partial charge in [-0.2, -0.15) is 0 Å². The van der Waals surface area contributed by atoms with Gasteiger partial charge in [-0.15, -0.1) is 11.8 Å². The van der Waals surface area contributed by atoms with Gasteiger partial charge in [0.25, 0.3) is 0 Å². The highest BCUT2D eigenvalue weighted by Gasteiger charge is 2.09. The molecule has 1 aromatic heterocycles. The smallest absolute Gasteiger partial charge is 0.149 e. The maximum atomic E-state index is 4.78. The zero-order chi connectivity index (χ0) is 9.97. The Kier molecular flexibility index (Phi) is 2.72. The van der Waals surface area contributed by atoms with Crippen LogP contribution in [0.25, 0.3) is 11.0 Å². The Morgan fingerprint density at radius 2 is 2.00 bits per heavy atom. The molecule has 14 heavy (non-hydrogen) atoms. The van der Waals surface area contributed by atoms with Crippen LogP contribution in [0.1, 0.15) is 19.4 Å². The average Bonchev–Trinajstić information content (AvgIpc) is 2.67. The molecule has 4 heteroatoms. The molecule has 0 radical (unpaired) electrons. The predicted molar refractivity (Wildman–Crippen MR) is 57.6 cm³/mol. The molecule has 74 valence electrons. The van der Waals surface area contributed by atoms with Crippen LogP contribution in [-0.2, 0) is 6.42 Å². The lowest BCUT2D eigenvalue weighted by Crippen LogP contribution is -1.85. The number of aromatic nitrogens is 2. The SMILES string of the molecule is CCSc1ccc(CC)c2nonc12. The van der Waals surface area contributed by atoms with E-state index in [-0.39, 0.29) is 0 Å². The summed E-state index contributed by atoms with van der Waals surface area (Å²) in [7, 11) is 0. The van der Waals surface area contributed by atoms with Crippen LogP contribution >= 0.6 is 11.8 Å². The quantitative estimate of drug-likeness (QED) is 0.727. The van der Waals surface area contributed by atoms with Gasteiger partial charge >= 0.3 is 0 Å². The molecule has 0 saturated heterocycles. The fourth-order valence-corrected chi connectivity index (χ4v) is 2.20. The van der Waals surface area contributed by atoms with Crippen LogP contribution < -0.4 is 0 Å². The summed E-state index contributed by atoms with van der Waals surface area (Å²) in [5, 5.41) is 7.87. The molecule has 0 amide bonds. The largest absolute Gasteiger partial charge is 0.243 e. The van der Waals surface area contributed by atoms with E-state index in [1.807, 2.05) is 0 Å². The van der Waals surface area contributed by atoms with Crippen molar-refractivity contribution in [2.75, 3.05) is 5.75 Å². The number of rotatable bonds is 3. The molecule has 0 fully saturated rings. The molecule has 0 aliphatic heterocycles. The van der Waals surface area contributed by atoms with Gasteiger partial charge in [0.1, 0.15) is 11.0 Å². The van der Waals surface area contributed by atoms with Crippen LogP contribution in [0.4, 0.5) is 0 Å². The van der Waals surface area contributed by atoms with Crippen molar-refractivity contribution in [1.29, 1.82) is 0 Å². The highest BCUT2D eigenvalue weighted by Crippen LogP contribution is 2.27. The first-order chi connectivity index (χ1) is 6.86. The van der Waals surface area contributed by atoms with Gasteiger partial charge in [0.05, 0.1) is 0 Å². The lowest BCUT2D eigenvalue weighted by molar-refractivity contribution is 0.315. The number of hydrogen-bond donors (Lipinski definition) is 0. The van der Waals surface area contributed by atoms with Crippen molar-refractivity contribution in [3.63, 3.8) is 0 Å². The molecular formula is C10H12N2OS. The Labute approximate surface area is 86.8 Å². The monoisotopic (exact) mass is 208 g/mol. The number of nitrogens with zero attached hydrogens (tertiary/aromatic N) is 2. The van der Waals surface area contributed by atoms with E-state index < -0.39 is 0 Å². The van der Waals surface area contributed by atoms with E-state index in [1.54, 1.807) is 11.8 Å². The molecule has 0 saturated carbocycles. The Hall–Kier alpha value is -1.03. The van der Waals surface area contributed by atoms with E-state index in [0.29, 0.717) is 0 Å². The fraction of sp³-hybridized carbons (Fsp3) is 0.400. The van der Waals surface area contributed by atoms with Gasteiger partial charge in [-0.05, 0) is 34.1 Å². The van der Waals surface area contributed by atoms with Gasteiger partial charge in [0, 0.05) is 4.90 Å². The van der Waals surface area contributed by atoms with Crippen LogP contribution in [-0.4, -0.2) is 16.1 Å². The van der Waals surface area contributed by atoms with Crippen molar-refractivity contribution in [3.8, 4) is 0 Å². The van der Waals surface area contributed by atoms with Gasteiger partial charge < -0.3 is 0 Å². The normalized spacial score (nSPS) is 11.0. The van der Waals surface area contributed by atoms with E-state index in [2.05, 4.69) is 36.3 Å². The van der Waals surface area contributed by atoms with Crippen LogP contribution in [0.3, 0.4) is 0 Å². The summed E-state index contributed by atoms with van der Waals surface area (Å²) in [6, 6.07) is 4.20. The summed E-state index contributed by atoms with van der Waals surface area (Å²) in [5.74, 6) is 1.04. The first-order valence-electron chi connectivity index (χ1n) is 4.73. The van der Waals surface area contributed by atoms with Crippen molar-refractivity contribution in [2.24, 2.45) is 0 Å². The predicted octanol–water partition coefficient (Wildman–Crippen LogP) is 2.90.